The molecule has 0 atom stereocenters. The van der Waals surface area contributed by atoms with E-state index >= 15 is 0 Å². The molecule has 0 saturated heterocycles. The van der Waals surface area contributed by atoms with Crippen LogP contribution in [-0.2, 0) is 6.54 Å². The van der Waals surface area contributed by atoms with Crippen LogP contribution in [0, 0.1) is 6.92 Å². The van der Waals surface area contributed by atoms with Gasteiger partial charge in [-0.05, 0) is 49.4 Å². The number of nitrogens with zero attached hydrogens (tertiary/aromatic N) is 2. The van der Waals surface area contributed by atoms with Crippen molar-refractivity contribution in [1.29, 1.82) is 0 Å². The van der Waals surface area contributed by atoms with Crippen LogP contribution in [0.5, 0.6) is 0 Å². The van der Waals surface area contributed by atoms with Crippen LogP contribution in [-0.4, -0.2) is 22.9 Å². The molecule has 4 aromatic carbocycles. The van der Waals surface area contributed by atoms with Gasteiger partial charge < -0.3 is 10.6 Å². The normalized spacial score (nSPS) is 10.9. The molecular weight excluding hydrogens is 432 g/mol. The smallest absolute Gasteiger partial charge is 0.255 e. The number of rotatable bonds is 6. The van der Waals surface area contributed by atoms with Crippen LogP contribution in [0.4, 0.5) is 5.69 Å². The molecule has 2 N–H and O–H groups in total. The van der Waals surface area contributed by atoms with Gasteiger partial charge in [-0.1, -0.05) is 72.8 Å². The van der Waals surface area contributed by atoms with E-state index in [1.165, 1.54) is 0 Å². The number of benzene rings is 4. The summed E-state index contributed by atoms with van der Waals surface area (Å²) in [4.78, 5) is 22.6. The molecule has 1 heterocycles. The minimum atomic E-state index is -0.148. The predicted octanol–water partition coefficient (Wildman–Crippen LogP) is 6.24. The third kappa shape index (κ3) is 4.81. The Morgan fingerprint density at radius 1 is 0.800 bits per heavy atom. The summed E-state index contributed by atoms with van der Waals surface area (Å²) in [5, 5.41) is 7.19. The molecule has 5 rings (SSSR count). The molecule has 5 aromatic rings. The Hall–Kier alpha value is -4.35. The third-order valence-electron chi connectivity index (χ3n) is 5.99. The molecule has 0 unspecified atom stereocenters. The highest BCUT2D eigenvalue weighted by Gasteiger charge is 2.13. The van der Waals surface area contributed by atoms with E-state index in [2.05, 4.69) is 28.8 Å². The highest BCUT2D eigenvalue weighted by molar-refractivity contribution is 6.05. The first-order chi connectivity index (χ1) is 17.1. The maximum atomic E-state index is 12.9. The second-order valence-electron chi connectivity index (χ2n) is 8.49. The van der Waals surface area contributed by atoms with E-state index in [0.717, 1.165) is 51.1 Å². The molecule has 0 saturated carbocycles. The number of aryl methyl sites for hydroxylation is 1. The van der Waals surface area contributed by atoms with Gasteiger partial charge in [0.1, 0.15) is 0 Å². The number of nitrogens with one attached hydrogen (secondary N) is 2. The molecule has 1 aromatic heterocycles. The summed E-state index contributed by atoms with van der Waals surface area (Å²) in [7, 11) is 1.90. The summed E-state index contributed by atoms with van der Waals surface area (Å²) in [5.74, 6) is 0.482. The van der Waals surface area contributed by atoms with Gasteiger partial charge in [-0.3, -0.25) is 4.79 Å². The minimum absolute atomic E-state index is 0.148. The first-order valence-electron chi connectivity index (χ1n) is 11.6. The molecule has 0 spiro atoms. The summed E-state index contributed by atoms with van der Waals surface area (Å²) in [5.41, 5.74) is 7.21. The number of anilines is 1. The van der Waals surface area contributed by atoms with Crippen LogP contribution in [0.2, 0.25) is 0 Å². The van der Waals surface area contributed by atoms with Crippen molar-refractivity contribution >= 4 is 22.5 Å². The average molecular weight is 459 g/mol. The van der Waals surface area contributed by atoms with Gasteiger partial charge in [0.2, 0.25) is 0 Å². The van der Waals surface area contributed by atoms with Gasteiger partial charge in [-0.15, -0.1) is 0 Å². The fourth-order valence-corrected chi connectivity index (χ4v) is 4.10. The third-order valence-corrected chi connectivity index (χ3v) is 5.99. The maximum absolute atomic E-state index is 12.9. The maximum Gasteiger partial charge on any atom is 0.255 e. The molecule has 35 heavy (non-hydrogen) atoms. The van der Waals surface area contributed by atoms with Crippen molar-refractivity contribution in [3.8, 4) is 22.6 Å². The largest absolute Gasteiger partial charge is 0.322 e. The Balaban J connectivity index is 1.45. The van der Waals surface area contributed by atoms with Gasteiger partial charge in [0.05, 0.1) is 11.2 Å². The van der Waals surface area contributed by atoms with Crippen molar-refractivity contribution in [3.05, 3.63) is 114 Å². The topological polar surface area (TPSA) is 66.9 Å². The molecule has 0 aliphatic carbocycles. The minimum Gasteiger partial charge on any atom is -0.322 e. The molecule has 5 nitrogen and oxygen atoms in total. The van der Waals surface area contributed by atoms with Gasteiger partial charge in [-0.25, -0.2) is 9.97 Å². The Labute approximate surface area is 204 Å². The van der Waals surface area contributed by atoms with Gasteiger partial charge in [0.15, 0.2) is 5.82 Å². The van der Waals surface area contributed by atoms with Crippen molar-refractivity contribution in [2.45, 2.75) is 13.5 Å². The Kier molecular flexibility index (Phi) is 6.33. The summed E-state index contributed by atoms with van der Waals surface area (Å²) < 4.78 is 0. The quantitative estimate of drug-likeness (QED) is 0.316. The molecular formula is C30H26N4O. The van der Waals surface area contributed by atoms with E-state index in [0.29, 0.717) is 11.4 Å². The summed E-state index contributed by atoms with van der Waals surface area (Å²) in [6.45, 7) is 2.73. The number of hydrogen-bond acceptors (Lipinski definition) is 4. The lowest BCUT2D eigenvalue weighted by Gasteiger charge is -2.12. The lowest BCUT2D eigenvalue weighted by atomic mass is 10.1. The van der Waals surface area contributed by atoms with Crippen LogP contribution in [0.25, 0.3) is 33.5 Å². The van der Waals surface area contributed by atoms with Gasteiger partial charge in [0, 0.05) is 34.3 Å². The number of amides is 1. The molecule has 1 amide bonds. The fourth-order valence-electron chi connectivity index (χ4n) is 4.10. The predicted molar refractivity (Wildman–Crippen MR) is 142 cm³/mol. The molecule has 172 valence electrons. The molecule has 5 heteroatoms. The highest BCUT2D eigenvalue weighted by Crippen LogP contribution is 2.29. The summed E-state index contributed by atoms with van der Waals surface area (Å²) in [6, 6.07) is 31.7. The lowest BCUT2D eigenvalue weighted by Crippen LogP contribution is -2.13. The molecule has 0 radical (unpaired) electrons. The lowest BCUT2D eigenvalue weighted by molar-refractivity contribution is 0.102. The monoisotopic (exact) mass is 458 g/mol. The van der Waals surface area contributed by atoms with Crippen molar-refractivity contribution in [2.24, 2.45) is 0 Å². The number of carbonyl (C=O) groups is 1. The zero-order valence-corrected chi connectivity index (χ0v) is 19.7. The first kappa shape index (κ1) is 22.4. The average Bonchev–Trinajstić information content (AvgIpc) is 2.90. The molecule has 0 aliphatic rings. The highest BCUT2D eigenvalue weighted by atomic mass is 16.1. The number of para-hydroxylation sites is 1. The number of hydrogen-bond donors (Lipinski definition) is 2. The van der Waals surface area contributed by atoms with Gasteiger partial charge in [-0.2, -0.15) is 0 Å². The second kappa shape index (κ2) is 9.87. The Morgan fingerprint density at radius 3 is 2.31 bits per heavy atom. The van der Waals surface area contributed by atoms with Crippen LogP contribution >= 0.6 is 0 Å². The van der Waals surface area contributed by atoms with Gasteiger partial charge in [0.25, 0.3) is 5.91 Å². The van der Waals surface area contributed by atoms with E-state index in [-0.39, 0.29) is 5.91 Å². The number of fused-ring (bicyclic) bond motifs is 1. The first-order valence-corrected chi connectivity index (χ1v) is 11.6. The zero-order valence-electron chi connectivity index (χ0n) is 19.7. The van der Waals surface area contributed by atoms with Gasteiger partial charge >= 0.3 is 0 Å². The van der Waals surface area contributed by atoms with Crippen LogP contribution in [0.1, 0.15) is 21.5 Å². The van der Waals surface area contributed by atoms with E-state index in [4.69, 9.17) is 9.97 Å². The Bertz CT molecular complexity index is 1490. The van der Waals surface area contributed by atoms with E-state index in [1.54, 1.807) is 0 Å². The second-order valence-corrected chi connectivity index (χ2v) is 8.49. The number of aromatic nitrogens is 2. The number of carbonyl (C=O) groups excluding carboxylic acids is 1. The van der Waals surface area contributed by atoms with E-state index in [1.807, 2.05) is 92.8 Å². The molecule has 0 fully saturated rings. The standard InChI is InChI=1S/C30H26N4O/c1-20-12-13-21(19-31-2)18-27(20)33-30(35)24-16-14-23(15-17-24)29-32-26-11-7-6-10-25(26)28(34-29)22-8-4-3-5-9-22/h3-18,31H,19H2,1-2H3,(H,33,35). The van der Waals surface area contributed by atoms with E-state index in [9.17, 15) is 4.79 Å². The fraction of sp³-hybridized carbons (Fsp3) is 0.100. The SMILES string of the molecule is CNCc1ccc(C)c(NC(=O)c2ccc(-c3nc(-c4ccccc4)c4ccccc4n3)cc2)c1. The molecule has 0 aliphatic heterocycles. The van der Waals surface area contributed by atoms with Crippen molar-refractivity contribution in [3.63, 3.8) is 0 Å². The van der Waals surface area contributed by atoms with E-state index < -0.39 is 0 Å². The van der Waals surface area contributed by atoms with Crippen molar-refractivity contribution in [1.82, 2.24) is 15.3 Å². The zero-order chi connectivity index (χ0) is 24.2. The van der Waals surface area contributed by atoms with Crippen molar-refractivity contribution in [2.75, 3.05) is 12.4 Å². The van der Waals surface area contributed by atoms with Crippen LogP contribution < -0.4 is 10.6 Å². The molecule has 0 bridgehead atoms. The van der Waals surface area contributed by atoms with Crippen molar-refractivity contribution < 1.29 is 4.79 Å². The van der Waals surface area contributed by atoms with Crippen LogP contribution in [0.3, 0.4) is 0 Å². The summed E-state index contributed by atoms with van der Waals surface area (Å²) in [6.07, 6.45) is 0. The van der Waals surface area contributed by atoms with Crippen LogP contribution in [0.15, 0.2) is 97.1 Å². The summed E-state index contributed by atoms with van der Waals surface area (Å²) >= 11 is 0. The Morgan fingerprint density at radius 2 is 1.54 bits per heavy atom.